The van der Waals surface area contributed by atoms with Crippen molar-refractivity contribution in [1.29, 1.82) is 0 Å². The lowest BCUT2D eigenvalue weighted by Crippen LogP contribution is -2.40. The maximum atomic E-state index is 6.03. The summed E-state index contributed by atoms with van der Waals surface area (Å²) >= 11 is 0. The molecular weight excluding hydrogens is 254 g/mol. The van der Waals surface area contributed by atoms with E-state index < -0.39 is 0 Å². The molecule has 20 heavy (non-hydrogen) atoms. The van der Waals surface area contributed by atoms with Gasteiger partial charge in [-0.05, 0) is 31.3 Å². The maximum Gasteiger partial charge on any atom is 0.161 e. The molecule has 2 atom stereocenters. The first-order valence-electron chi connectivity index (χ1n) is 6.96. The third-order valence-electron chi connectivity index (χ3n) is 3.55. The molecule has 3 rings (SSSR count). The van der Waals surface area contributed by atoms with Gasteiger partial charge in [-0.3, -0.25) is 0 Å². The van der Waals surface area contributed by atoms with Gasteiger partial charge >= 0.3 is 0 Å². The van der Waals surface area contributed by atoms with E-state index in [0.717, 1.165) is 29.4 Å². The molecule has 1 aliphatic heterocycles. The largest absolute Gasteiger partial charge is 0.486 e. The first-order valence-corrected chi connectivity index (χ1v) is 6.96. The summed E-state index contributed by atoms with van der Waals surface area (Å²) in [6.45, 7) is 2.58. The molecule has 1 aromatic carbocycles. The highest BCUT2D eigenvalue weighted by atomic mass is 16.6. The molecular formula is C16H19NO3. The molecule has 1 aromatic heterocycles. The molecule has 106 valence electrons. The second-order valence-electron chi connectivity index (χ2n) is 4.84. The average Bonchev–Trinajstić information content (AvgIpc) is 2.97. The molecule has 1 aliphatic rings. The Bertz CT molecular complexity index is 579. The lowest BCUT2D eigenvalue weighted by Gasteiger charge is -2.31. The van der Waals surface area contributed by atoms with Crippen LogP contribution in [0.25, 0.3) is 0 Å². The predicted octanol–water partition coefficient (Wildman–Crippen LogP) is 2.94. The fourth-order valence-corrected chi connectivity index (χ4v) is 2.46. The zero-order chi connectivity index (χ0) is 13.9. The molecule has 0 saturated carbocycles. The van der Waals surface area contributed by atoms with E-state index in [9.17, 15) is 0 Å². The van der Waals surface area contributed by atoms with Crippen LogP contribution in [-0.4, -0.2) is 19.8 Å². The third-order valence-corrected chi connectivity index (χ3v) is 3.55. The molecule has 4 nitrogen and oxygen atoms in total. The Hall–Kier alpha value is -1.94. The monoisotopic (exact) mass is 273 g/mol. The summed E-state index contributed by atoms with van der Waals surface area (Å²) in [6.07, 6.45) is 0.784. The number of nitrogens with one attached hydrogen (secondary N) is 1. The Morgan fingerprint density at radius 1 is 1.20 bits per heavy atom. The molecule has 0 saturated heterocycles. The summed E-state index contributed by atoms with van der Waals surface area (Å²) in [6, 6.07) is 11.7. The van der Waals surface area contributed by atoms with Crippen LogP contribution in [0.1, 0.15) is 24.5 Å². The van der Waals surface area contributed by atoms with Gasteiger partial charge in [-0.25, -0.2) is 0 Å². The summed E-state index contributed by atoms with van der Waals surface area (Å²) in [4.78, 5) is 0. The Morgan fingerprint density at radius 3 is 2.70 bits per heavy atom. The van der Waals surface area contributed by atoms with Crippen LogP contribution in [0.5, 0.6) is 11.5 Å². The van der Waals surface area contributed by atoms with E-state index in [0.29, 0.717) is 6.61 Å². The standard InChI is InChI=1S/C16H19NO3/c1-3-11-8-9-14(19-11)16(17-2)15-10-18-12-6-4-5-7-13(12)20-15/h4-9,15-17H,3,10H2,1-2H3. The Labute approximate surface area is 118 Å². The van der Waals surface area contributed by atoms with Gasteiger partial charge in [0.15, 0.2) is 17.6 Å². The fourth-order valence-electron chi connectivity index (χ4n) is 2.46. The topological polar surface area (TPSA) is 43.6 Å². The van der Waals surface area contributed by atoms with Gasteiger partial charge in [0, 0.05) is 6.42 Å². The van der Waals surface area contributed by atoms with E-state index in [1.807, 2.05) is 43.4 Å². The van der Waals surface area contributed by atoms with E-state index in [1.165, 1.54) is 0 Å². The number of aryl methyl sites for hydroxylation is 1. The second-order valence-corrected chi connectivity index (χ2v) is 4.84. The van der Waals surface area contributed by atoms with Crippen LogP contribution in [0.4, 0.5) is 0 Å². The third kappa shape index (κ3) is 2.39. The lowest BCUT2D eigenvalue weighted by atomic mass is 10.1. The number of ether oxygens (including phenoxy) is 2. The van der Waals surface area contributed by atoms with E-state index in [1.54, 1.807) is 0 Å². The van der Waals surface area contributed by atoms with Gasteiger partial charge in [-0.2, -0.15) is 0 Å². The number of hydrogen-bond donors (Lipinski definition) is 1. The van der Waals surface area contributed by atoms with Gasteiger partial charge in [-0.15, -0.1) is 0 Å². The van der Waals surface area contributed by atoms with Crippen LogP contribution >= 0.6 is 0 Å². The van der Waals surface area contributed by atoms with E-state index in [2.05, 4.69) is 12.2 Å². The highest BCUT2D eigenvalue weighted by molar-refractivity contribution is 5.41. The van der Waals surface area contributed by atoms with Crippen molar-refractivity contribution < 1.29 is 13.9 Å². The number of benzene rings is 1. The van der Waals surface area contributed by atoms with Crippen LogP contribution in [-0.2, 0) is 6.42 Å². The zero-order valence-corrected chi connectivity index (χ0v) is 11.8. The molecule has 0 radical (unpaired) electrons. The van der Waals surface area contributed by atoms with Gasteiger partial charge in [0.25, 0.3) is 0 Å². The molecule has 1 N–H and O–H groups in total. The van der Waals surface area contributed by atoms with Crippen molar-refractivity contribution in [2.75, 3.05) is 13.7 Å². The lowest BCUT2D eigenvalue weighted by molar-refractivity contribution is 0.0575. The van der Waals surface area contributed by atoms with Crippen LogP contribution in [0, 0.1) is 0 Å². The number of rotatable bonds is 4. The summed E-state index contributed by atoms with van der Waals surface area (Å²) in [5.41, 5.74) is 0. The summed E-state index contributed by atoms with van der Waals surface area (Å²) < 4.78 is 17.6. The molecule has 2 unspecified atom stereocenters. The smallest absolute Gasteiger partial charge is 0.161 e. The number of fused-ring (bicyclic) bond motifs is 1. The van der Waals surface area contributed by atoms with Gasteiger partial charge < -0.3 is 19.2 Å². The van der Waals surface area contributed by atoms with E-state index >= 15 is 0 Å². The first-order chi connectivity index (χ1) is 9.81. The van der Waals surface area contributed by atoms with Crippen LogP contribution < -0.4 is 14.8 Å². The minimum absolute atomic E-state index is 0.0244. The average molecular weight is 273 g/mol. The van der Waals surface area contributed by atoms with E-state index in [4.69, 9.17) is 13.9 Å². The van der Waals surface area contributed by atoms with Crippen molar-refractivity contribution in [1.82, 2.24) is 5.32 Å². The number of para-hydroxylation sites is 2. The van der Waals surface area contributed by atoms with Crippen molar-refractivity contribution in [3.63, 3.8) is 0 Å². The minimum Gasteiger partial charge on any atom is -0.486 e. The molecule has 0 amide bonds. The SMILES string of the molecule is CCc1ccc(C(NC)C2COc3ccccc3O2)o1. The highest BCUT2D eigenvalue weighted by Gasteiger charge is 2.31. The van der Waals surface area contributed by atoms with Crippen molar-refractivity contribution in [2.24, 2.45) is 0 Å². The summed E-state index contributed by atoms with van der Waals surface area (Å²) in [7, 11) is 1.91. The molecule has 0 bridgehead atoms. The molecule has 4 heteroatoms. The zero-order valence-electron chi connectivity index (χ0n) is 11.8. The van der Waals surface area contributed by atoms with Crippen molar-refractivity contribution in [3.8, 4) is 11.5 Å². The second kappa shape index (κ2) is 5.59. The molecule has 0 spiro atoms. The van der Waals surface area contributed by atoms with Crippen molar-refractivity contribution in [3.05, 3.63) is 47.9 Å². The van der Waals surface area contributed by atoms with Gasteiger partial charge in [0.2, 0.25) is 0 Å². The Balaban J connectivity index is 1.81. The molecule has 2 heterocycles. The molecule has 0 aliphatic carbocycles. The van der Waals surface area contributed by atoms with Gasteiger partial charge in [0.1, 0.15) is 24.2 Å². The maximum absolute atomic E-state index is 6.03. The van der Waals surface area contributed by atoms with Crippen LogP contribution in [0.2, 0.25) is 0 Å². The molecule has 2 aromatic rings. The van der Waals surface area contributed by atoms with Crippen LogP contribution in [0.15, 0.2) is 40.8 Å². The minimum atomic E-state index is -0.106. The van der Waals surface area contributed by atoms with E-state index in [-0.39, 0.29) is 12.1 Å². The molecule has 0 fully saturated rings. The van der Waals surface area contributed by atoms with Crippen molar-refractivity contribution >= 4 is 0 Å². The Morgan fingerprint density at radius 2 is 2.00 bits per heavy atom. The predicted molar refractivity (Wildman–Crippen MR) is 76.2 cm³/mol. The number of likely N-dealkylation sites (N-methyl/N-ethyl adjacent to an activating group) is 1. The summed E-state index contributed by atoms with van der Waals surface area (Å²) in [5, 5.41) is 3.26. The number of hydrogen-bond acceptors (Lipinski definition) is 4. The normalized spacial score (nSPS) is 18.8. The summed E-state index contributed by atoms with van der Waals surface area (Å²) in [5.74, 6) is 3.45. The highest BCUT2D eigenvalue weighted by Crippen LogP contribution is 2.34. The Kier molecular flexibility index (Phi) is 3.65. The quantitative estimate of drug-likeness (QED) is 0.930. The number of furan rings is 1. The van der Waals surface area contributed by atoms with Gasteiger partial charge in [0.05, 0.1) is 0 Å². The first kappa shape index (κ1) is 13.1. The van der Waals surface area contributed by atoms with Gasteiger partial charge in [-0.1, -0.05) is 19.1 Å². The van der Waals surface area contributed by atoms with Crippen molar-refractivity contribution in [2.45, 2.75) is 25.5 Å². The van der Waals surface area contributed by atoms with Crippen LogP contribution in [0.3, 0.4) is 0 Å². The fraction of sp³-hybridized carbons (Fsp3) is 0.375.